The third-order valence-electron chi connectivity index (χ3n) is 2.56. The smallest absolute Gasteiger partial charge is 0.411 e. The average molecular weight is 291 g/mol. The molecule has 0 aliphatic rings. The Hall–Kier alpha value is -1.76. The number of anilines is 1. The van der Waals surface area contributed by atoms with E-state index in [0.29, 0.717) is 11.3 Å². The molecule has 0 spiro atoms. The molecule has 0 bridgehead atoms. The molecule has 0 saturated carbocycles. The van der Waals surface area contributed by atoms with E-state index in [-0.39, 0.29) is 13.2 Å². The summed E-state index contributed by atoms with van der Waals surface area (Å²) in [5, 5.41) is 0. The van der Waals surface area contributed by atoms with Gasteiger partial charge in [-0.15, -0.1) is 0 Å². The molecule has 1 aromatic carbocycles. The molecular weight excluding hydrogens is 275 g/mol. The summed E-state index contributed by atoms with van der Waals surface area (Å²) >= 11 is 0. The fourth-order valence-corrected chi connectivity index (χ4v) is 1.60. The zero-order valence-electron chi connectivity index (χ0n) is 11.2. The van der Waals surface area contributed by atoms with Crippen LogP contribution in [-0.4, -0.2) is 46.1 Å². The number of methoxy groups -OCH3 is 1. The first kappa shape index (κ1) is 16.3. The van der Waals surface area contributed by atoms with Crippen LogP contribution in [0, 0.1) is 0 Å². The van der Waals surface area contributed by atoms with Crippen LogP contribution in [0.1, 0.15) is 10.4 Å². The van der Waals surface area contributed by atoms with Crippen LogP contribution >= 0.6 is 0 Å². The van der Waals surface area contributed by atoms with Crippen LogP contribution in [0.2, 0.25) is 0 Å². The van der Waals surface area contributed by atoms with E-state index < -0.39 is 18.8 Å². The first-order valence-electron chi connectivity index (χ1n) is 5.88. The van der Waals surface area contributed by atoms with Gasteiger partial charge in [0, 0.05) is 13.6 Å². The zero-order chi connectivity index (χ0) is 15.2. The molecule has 0 heterocycles. The van der Waals surface area contributed by atoms with Crippen molar-refractivity contribution in [1.82, 2.24) is 0 Å². The first-order valence-corrected chi connectivity index (χ1v) is 5.88. The van der Waals surface area contributed by atoms with Crippen LogP contribution in [0.15, 0.2) is 24.3 Å². The van der Waals surface area contributed by atoms with Crippen molar-refractivity contribution >= 4 is 11.7 Å². The first-order chi connectivity index (χ1) is 9.35. The molecule has 0 fully saturated rings. The van der Waals surface area contributed by atoms with Gasteiger partial charge in [-0.1, -0.05) is 12.1 Å². The molecule has 4 nitrogen and oxygen atoms in total. The maximum atomic E-state index is 11.9. The predicted octanol–water partition coefficient (Wildman–Crippen LogP) is 2.49. The van der Waals surface area contributed by atoms with Crippen molar-refractivity contribution in [3.63, 3.8) is 0 Å². The summed E-state index contributed by atoms with van der Waals surface area (Å²) in [6.45, 7) is -1.14. The lowest BCUT2D eigenvalue weighted by Crippen LogP contribution is -2.27. The van der Waals surface area contributed by atoms with E-state index in [1.54, 1.807) is 36.2 Å². The number of likely N-dealkylation sites (N-methyl/N-ethyl adjacent to an activating group) is 1. The largest absolute Gasteiger partial charge is 0.465 e. The molecule has 112 valence electrons. The number of para-hydroxylation sites is 1. The van der Waals surface area contributed by atoms with Gasteiger partial charge in [0.25, 0.3) is 0 Å². The van der Waals surface area contributed by atoms with Gasteiger partial charge in [-0.2, -0.15) is 13.2 Å². The van der Waals surface area contributed by atoms with Crippen LogP contribution in [0.5, 0.6) is 0 Å². The monoisotopic (exact) mass is 291 g/mol. The number of ether oxygens (including phenoxy) is 2. The topological polar surface area (TPSA) is 38.8 Å². The fourth-order valence-electron chi connectivity index (χ4n) is 1.60. The normalized spacial score (nSPS) is 11.2. The van der Waals surface area contributed by atoms with Gasteiger partial charge in [-0.25, -0.2) is 4.79 Å². The van der Waals surface area contributed by atoms with Crippen molar-refractivity contribution in [2.24, 2.45) is 0 Å². The molecule has 0 aromatic heterocycles. The number of benzene rings is 1. The number of carbonyl (C=O) groups is 1. The van der Waals surface area contributed by atoms with E-state index in [1.807, 2.05) is 0 Å². The van der Waals surface area contributed by atoms with Gasteiger partial charge in [-0.3, -0.25) is 0 Å². The zero-order valence-corrected chi connectivity index (χ0v) is 11.2. The van der Waals surface area contributed by atoms with E-state index in [4.69, 9.17) is 0 Å². The number of carbonyl (C=O) groups excluding carboxylic acids is 1. The highest BCUT2D eigenvalue weighted by Crippen LogP contribution is 2.20. The number of hydrogen-bond donors (Lipinski definition) is 0. The van der Waals surface area contributed by atoms with Crippen LogP contribution in [-0.2, 0) is 9.47 Å². The molecule has 0 aliphatic carbocycles. The SMILES string of the molecule is COC(=O)c1ccccc1N(C)CCOCC(F)(F)F. The lowest BCUT2D eigenvalue weighted by atomic mass is 10.1. The van der Waals surface area contributed by atoms with Gasteiger partial charge in [0.15, 0.2) is 0 Å². The number of alkyl halides is 3. The highest BCUT2D eigenvalue weighted by Gasteiger charge is 2.27. The Bertz CT molecular complexity index is 449. The second-order valence-electron chi connectivity index (χ2n) is 4.10. The lowest BCUT2D eigenvalue weighted by Gasteiger charge is -2.21. The molecule has 7 heteroatoms. The van der Waals surface area contributed by atoms with Crippen molar-refractivity contribution < 1.29 is 27.4 Å². The van der Waals surface area contributed by atoms with Crippen LogP contribution < -0.4 is 4.90 Å². The molecule has 0 atom stereocenters. The Morgan fingerprint density at radius 3 is 2.55 bits per heavy atom. The Morgan fingerprint density at radius 1 is 1.30 bits per heavy atom. The van der Waals surface area contributed by atoms with E-state index in [9.17, 15) is 18.0 Å². The maximum Gasteiger partial charge on any atom is 0.411 e. The summed E-state index contributed by atoms with van der Waals surface area (Å²) in [4.78, 5) is 13.2. The minimum absolute atomic E-state index is 0.0917. The number of rotatable bonds is 6. The van der Waals surface area contributed by atoms with Crippen LogP contribution in [0.3, 0.4) is 0 Å². The quantitative estimate of drug-likeness (QED) is 0.596. The summed E-state index contributed by atoms with van der Waals surface area (Å²) in [5.74, 6) is -0.497. The molecule has 1 aromatic rings. The van der Waals surface area contributed by atoms with Crippen molar-refractivity contribution in [3.05, 3.63) is 29.8 Å². The molecular formula is C13H16F3NO3. The van der Waals surface area contributed by atoms with E-state index in [1.165, 1.54) is 7.11 Å². The fraction of sp³-hybridized carbons (Fsp3) is 0.462. The van der Waals surface area contributed by atoms with Gasteiger partial charge in [-0.05, 0) is 12.1 Å². The van der Waals surface area contributed by atoms with Gasteiger partial charge in [0.05, 0.1) is 25.0 Å². The minimum Gasteiger partial charge on any atom is -0.465 e. The molecule has 0 saturated heterocycles. The van der Waals surface area contributed by atoms with Gasteiger partial charge < -0.3 is 14.4 Å². The van der Waals surface area contributed by atoms with E-state index in [0.717, 1.165) is 0 Å². The second kappa shape index (κ2) is 7.14. The maximum absolute atomic E-state index is 11.9. The Kier molecular flexibility index (Phi) is 5.82. The molecule has 0 aliphatic heterocycles. The minimum atomic E-state index is -4.33. The van der Waals surface area contributed by atoms with Crippen LogP contribution in [0.25, 0.3) is 0 Å². The Labute approximate surface area is 115 Å². The van der Waals surface area contributed by atoms with Crippen LogP contribution in [0.4, 0.5) is 18.9 Å². The number of esters is 1. The summed E-state index contributed by atoms with van der Waals surface area (Å²) < 4.78 is 44.9. The molecule has 20 heavy (non-hydrogen) atoms. The van der Waals surface area contributed by atoms with Gasteiger partial charge in [0.2, 0.25) is 0 Å². The second-order valence-corrected chi connectivity index (χ2v) is 4.10. The van der Waals surface area contributed by atoms with Gasteiger partial charge in [0.1, 0.15) is 6.61 Å². The molecule has 1 rings (SSSR count). The third kappa shape index (κ3) is 5.08. The van der Waals surface area contributed by atoms with Crippen molar-refractivity contribution in [3.8, 4) is 0 Å². The predicted molar refractivity (Wildman–Crippen MR) is 67.9 cm³/mol. The highest BCUT2D eigenvalue weighted by atomic mass is 19.4. The summed E-state index contributed by atoms with van der Waals surface area (Å²) in [7, 11) is 2.93. The van der Waals surface area contributed by atoms with Crippen molar-refractivity contribution in [1.29, 1.82) is 0 Å². The van der Waals surface area contributed by atoms with Crippen molar-refractivity contribution in [2.45, 2.75) is 6.18 Å². The Balaban J connectivity index is 2.59. The van der Waals surface area contributed by atoms with E-state index in [2.05, 4.69) is 9.47 Å². The third-order valence-corrected chi connectivity index (χ3v) is 2.56. The highest BCUT2D eigenvalue weighted by molar-refractivity contribution is 5.95. The summed E-state index contributed by atoms with van der Waals surface area (Å²) in [5.41, 5.74) is 0.934. The standard InChI is InChI=1S/C13H16F3NO3/c1-17(7-8-20-9-13(14,15)16)11-6-4-3-5-10(11)12(18)19-2/h3-6H,7-9H2,1-2H3. The number of nitrogens with zero attached hydrogens (tertiary/aromatic N) is 1. The molecule has 0 amide bonds. The molecule has 0 radical (unpaired) electrons. The average Bonchev–Trinajstić information content (AvgIpc) is 2.41. The van der Waals surface area contributed by atoms with E-state index >= 15 is 0 Å². The molecule has 0 unspecified atom stereocenters. The molecule has 0 N–H and O–H groups in total. The summed E-state index contributed by atoms with van der Waals surface area (Å²) in [6.07, 6.45) is -4.33. The van der Waals surface area contributed by atoms with Crippen molar-refractivity contribution in [2.75, 3.05) is 38.8 Å². The van der Waals surface area contributed by atoms with Gasteiger partial charge >= 0.3 is 12.1 Å². The lowest BCUT2D eigenvalue weighted by molar-refractivity contribution is -0.173. The Morgan fingerprint density at radius 2 is 1.95 bits per heavy atom. The number of halogens is 3. The summed E-state index contributed by atoms with van der Waals surface area (Å²) in [6, 6.07) is 6.70. The number of hydrogen-bond acceptors (Lipinski definition) is 4.